The van der Waals surface area contributed by atoms with Crippen molar-refractivity contribution >= 4 is 29.3 Å². The Balaban J connectivity index is 1.71. The Morgan fingerprint density at radius 3 is 2.76 bits per heavy atom. The molecule has 0 aliphatic heterocycles. The second-order valence-corrected chi connectivity index (χ2v) is 6.34. The van der Waals surface area contributed by atoms with E-state index in [0.29, 0.717) is 6.61 Å². The summed E-state index contributed by atoms with van der Waals surface area (Å²) in [6.45, 7) is 2.61. The normalized spacial score (nSPS) is 10.5. The number of nitrogens with zero attached hydrogens (tertiary/aromatic N) is 2. The van der Waals surface area contributed by atoms with Gasteiger partial charge in [-0.15, -0.1) is 0 Å². The van der Waals surface area contributed by atoms with Crippen molar-refractivity contribution in [1.29, 1.82) is 0 Å². The van der Waals surface area contributed by atoms with Crippen molar-refractivity contribution in [2.24, 2.45) is 0 Å². The molecule has 0 bridgehead atoms. The third-order valence-corrected chi connectivity index (χ3v) is 4.46. The molecule has 0 amide bonds. The van der Waals surface area contributed by atoms with E-state index in [1.54, 1.807) is 36.0 Å². The number of aryl methyl sites for hydroxylation is 1. The number of carboxylic acids is 1. The van der Waals surface area contributed by atoms with E-state index in [2.05, 4.69) is 9.36 Å². The number of carboxylic acid groups (broad SMARTS) is 1. The minimum absolute atomic E-state index is 0.0347. The zero-order valence-corrected chi connectivity index (χ0v) is 13.2. The standard InChI is InChI=1S/C14H16N2O3S2/c1-2-12-15-14(21-16-12)20-8-7-19-11-5-3-10(4-6-11)9-13(17)18/h3-6H,2,7-9H2,1H3,(H,17,18). The molecule has 0 radical (unpaired) electrons. The second-order valence-electron chi connectivity index (χ2n) is 4.24. The largest absolute Gasteiger partial charge is 0.493 e. The van der Waals surface area contributed by atoms with Crippen LogP contribution in [0.4, 0.5) is 0 Å². The third-order valence-electron chi connectivity index (χ3n) is 2.62. The zero-order valence-electron chi connectivity index (χ0n) is 11.6. The van der Waals surface area contributed by atoms with Crippen LogP contribution in [-0.4, -0.2) is 32.8 Å². The second kappa shape index (κ2) is 7.99. The van der Waals surface area contributed by atoms with Crippen LogP contribution >= 0.6 is 23.3 Å². The number of hydrogen-bond acceptors (Lipinski definition) is 6. The molecule has 2 aromatic rings. The monoisotopic (exact) mass is 324 g/mol. The predicted molar refractivity (Wildman–Crippen MR) is 83.3 cm³/mol. The molecular weight excluding hydrogens is 308 g/mol. The van der Waals surface area contributed by atoms with Crippen molar-refractivity contribution in [3.8, 4) is 5.75 Å². The van der Waals surface area contributed by atoms with Gasteiger partial charge in [0, 0.05) is 12.2 Å². The van der Waals surface area contributed by atoms with Crippen LogP contribution in [0.25, 0.3) is 0 Å². The Morgan fingerprint density at radius 2 is 2.14 bits per heavy atom. The van der Waals surface area contributed by atoms with Crippen molar-refractivity contribution in [3.63, 3.8) is 0 Å². The van der Waals surface area contributed by atoms with Gasteiger partial charge in [0.05, 0.1) is 13.0 Å². The van der Waals surface area contributed by atoms with Gasteiger partial charge in [-0.05, 0) is 29.2 Å². The van der Waals surface area contributed by atoms with Gasteiger partial charge in [0.15, 0.2) is 4.34 Å². The highest BCUT2D eigenvalue weighted by molar-refractivity contribution is 8.00. The molecule has 0 spiro atoms. The van der Waals surface area contributed by atoms with Gasteiger partial charge in [-0.3, -0.25) is 4.79 Å². The van der Waals surface area contributed by atoms with Crippen LogP contribution in [-0.2, 0) is 17.6 Å². The molecule has 112 valence electrons. The average Bonchev–Trinajstić information content (AvgIpc) is 2.93. The maximum Gasteiger partial charge on any atom is 0.307 e. The Bertz CT molecular complexity index is 584. The first kappa shape index (κ1) is 15.8. The third kappa shape index (κ3) is 5.35. The summed E-state index contributed by atoms with van der Waals surface area (Å²) < 4.78 is 10.8. The number of aromatic nitrogens is 2. The SMILES string of the molecule is CCc1nsc(SCCOc2ccc(CC(=O)O)cc2)n1. The minimum atomic E-state index is -0.830. The van der Waals surface area contributed by atoms with E-state index >= 15 is 0 Å². The van der Waals surface area contributed by atoms with Crippen LogP contribution in [0.15, 0.2) is 28.6 Å². The Morgan fingerprint density at radius 1 is 1.38 bits per heavy atom. The lowest BCUT2D eigenvalue weighted by Crippen LogP contribution is -2.02. The van der Waals surface area contributed by atoms with Crippen molar-refractivity contribution in [3.05, 3.63) is 35.7 Å². The number of hydrogen-bond donors (Lipinski definition) is 1. The van der Waals surface area contributed by atoms with Gasteiger partial charge in [0.2, 0.25) is 0 Å². The summed E-state index contributed by atoms with van der Waals surface area (Å²) in [6, 6.07) is 7.13. The van der Waals surface area contributed by atoms with Crippen molar-refractivity contribution in [2.45, 2.75) is 24.1 Å². The van der Waals surface area contributed by atoms with Crippen molar-refractivity contribution < 1.29 is 14.6 Å². The number of benzene rings is 1. The molecule has 21 heavy (non-hydrogen) atoms. The Kier molecular flexibility index (Phi) is 6.01. The lowest BCUT2D eigenvalue weighted by atomic mass is 10.1. The molecule has 1 N–H and O–H groups in total. The van der Waals surface area contributed by atoms with E-state index < -0.39 is 5.97 Å². The first-order valence-corrected chi connectivity index (χ1v) is 8.32. The van der Waals surface area contributed by atoms with E-state index in [1.807, 2.05) is 6.92 Å². The lowest BCUT2D eigenvalue weighted by molar-refractivity contribution is -0.136. The molecule has 1 aromatic heterocycles. The maximum atomic E-state index is 10.6. The highest BCUT2D eigenvalue weighted by atomic mass is 32.2. The molecule has 1 heterocycles. The molecular formula is C14H16N2O3S2. The number of aliphatic carboxylic acids is 1. The minimum Gasteiger partial charge on any atom is -0.493 e. The fourth-order valence-electron chi connectivity index (χ4n) is 1.61. The summed E-state index contributed by atoms with van der Waals surface area (Å²) in [7, 11) is 0. The van der Waals surface area contributed by atoms with Crippen molar-refractivity contribution in [2.75, 3.05) is 12.4 Å². The molecule has 0 aliphatic rings. The topological polar surface area (TPSA) is 72.3 Å². The summed E-state index contributed by atoms with van der Waals surface area (Å²) in [4.78, 5) is 15.0. The van der Waals surface area contributed by atoms with Crippen LogP contribution in [0.1, 0.15) is 18.3 Å². The maximum absolute atomic E-state index is 10.6. The van der Waals surface area contributed by atoms with Crippen LogP contribution in [0.5, 0.6) is 5.75 Å². The fourth-order valence-corrected chi connectivity index (χ4v) is 3.19. The molecule has 0 aliphatic carbocycles. The summed E-state index contributed by atoms with van der Waals surface area (Å²) in [6.07, 6.45) is 0.892. The Labute approximate surface area is 131 Å². The van der Waals surface area contributed by atoms with Gasteiger partial charge < -0.3 is 9.84 Å². The molecule has 7 heteroatoms. The van der Waals surface area contributed by atoms with Gasteiger partial charge in [-0.25, -0.2) is 4.98 Å². The molecule has 2 rings (SSSR count). The summed E-state index contributed by atoms with van der Waals surface area (Å²) in [5, 5.41) is 8.69. The van der Waals surface area contributed by atoms with Crippen molar-refractivity contribution in [1.82, 2.24) is 9.36 Å². The lowest BCUT2D eigenvalue weighted by Gasteiger charge is -2.05. The molecule has 0 saturated carbocycles. The summed E-state index contributed by atoms with van der Waals surface area (Å²) in [5.41, 5.74) is 0.769. The number of ether oxygens (including phenoxy) is 1. The average molecular weight is 324 g/mol. The van der Waals surface area contributed by atoms with Gasteiger partial charge >= 0.3 is 5.97 Å². The van der Waals surface area contributed by atoms with Gasteiger partial charge in [-0.2, -0.15) is 4.37 Å². The molecule has 5 nitrogen and oxygen atoms in total. The summed E-state index contributed by atoms with van der Waals surface area (Å²) >= 11 is 3.05. The quantitative estimate of drug-likeness (QED) is 0.594. The molecule has 0 fully saturated rings. The number of thioether (sulfide) groups is 1. The number of carbonyl (C=O) groups is 1. The van der Waals surface area contributed by atoms with Crippen LogP contribution in [0.3, 0.4) is 0 Å². The van der Waals surface area contributed by atoms with Gasteiger partial charge in [0.1, 0.15) is 11.6 Å². The highest BCUT2D eigenvalue weighted by Gasteiger charge is 2.03. The summed E-state index contributed by atoms with van der Waals surface area (Å²) in [5.74, 6) is 1.60. The van der Waals surface area contributed by atoms with Gasteiger partial charge in [0.25, 0.3) is 0 Å². The van der Waals surface area contributed by atoms with Crippen LogP contribution < -0.4 is 4.74 Å². The first-order valence-electron chi connectivity index (χ1n) is 6.56. The van der Waals surface area contributed by atoms with E-state index in [9.17, 15) is 4.79 Å². The van der Waals surface area contributed by atoms with E-state index in [1.165, 1.54) is 11.5 Å². The predicted octanol–water partition coefficient (Wildman–Crippen LogP) is 2.90. The molecule has 1 aromatic carbocycles. The number of rotatable bonds is 8. The van der Waals surface area contributed by atoms with Gasteiger partial charge in [-0.1, -0.05) is 30.8 Å². The molecule has 0 unspecified atom stereocenters. The van der Waals surface area contributed by atoms with Crippen LogP contribution in [0.2, 0.25) is 0 Å². The Hall–Kier alpha value is -1.60. The fraction of sp³-hybridized carbons (Fsp3) is 0.357. The highest BCUT2D eigenvalue weighted by Crippen LogP contribution is 2.20. The van der Waals surface area contributed by atoms with E-state index in [0.717, 1.165) is 33.7 Å². The smallest absolute Gasteiger partial charge is 0.307 e. The zero-order chi connectivity index (χ0) is 15.1. The van der Waals surface area contributed by atoms with E-state index in [4.69, 9.17) is 9.84 Å². The molecule has 0 saturated heterocycles. The first-order chi connectivity index (χ1) is 10.2. The molecule has 0 atom stereocenters. The van der Waals surface area contributed by atoms with E-state index in [-0.39, 0.29) is 6.42 Å². The van der Waals surface area contributed by atoms with Crippen LogP contribution in [0, 0.1) is 0 Å².